The number of carbonyl (C=O) groups is 3. The predicted octanol–water partition coefficient (Wildman–Crippen LogP) is -1.22. The van der Waals surface area contributed by atoms with Gasteiger partial charge >= 0.3 is 11.9 Å². The van der Waals surface area contributed by atoms with Gasteiger partial charge in [0, 0.05) is 6.42 Å². The molecule has 1 aromatic carbocycles. The Morgan fingerprint density at radius 3 is 2.58 bits per heavy atom. The number of ether oxygens (including phenoxy) is 3. The zero-order valence-corrected chi connectivity index (χ0v) is 21.1. The van der Waals surface area contributed by atoms with E-state index >= 15 is 0 Å². The highest BCUT2D eigenvalue weighted by molar-refractivity contribution is 6.03. The lowest BCUT2D eigenvalue weighted by molar-refractivity contribution is -0.194. The number of terminal acetylenes is 1. The number of aliphatic carboxylic acids is 1. The van der Waals surface area contributed by atoms with Crippen molar-refractivity contribution in [2.45, 2.75) is 43.0 Å². The molecule has 7 N–H and O–H groups in total. The Labute approximate surface area is 226 Å². The van der Waals surface area contributed by atoms with E-state index in [-0.39, 0.29) is 23.6 Å². The highest BCUT2D eigenvalue weighted by atomic mass is 16.6. The van der Waals surface area contributed by atoms with E-state index in [1.165, 1.54) is 6.92 Å². The maximum atomic E-state index is 12.9. The lowest BCUT2D eigenvalue weighted by atomic mass is 9.92. The molecule has 15 nitrogen and oxygen atoms in total. The highest BCUT2D eigenvalue weighted by Gasteiger charge is 2.58. The van der Waals surface area contributed by atoms with Gasteiger partial charge in [0.25, 0.3) is 11.5 Å². The second-order valence-corrected chi connectivity index (χ2v) is 8.88. The number of nitrogen functional groups attached to an aromatic ring is 1. The van der Waals surface area contributed by atoms with Crippen molar-refractivity contribution in [3.63, 3.8) is 0 Å². The van der Waals surface area contributed by atoms with Crippen molar-refractivity contribution in [3.8, 4) is 12.3 Å². The molecule has 0 aliphatic carbocycles. The molecule has 0 saturated carbocycles. The number of carboxylic acids is 1. The molecule has 3 heterocycles. The number of benzene rings is 1. The summed E-state index contributed by atoms with van der Waals surface area (Å²) in [5.74, 6) is -2.37. The van der Waals surface area contributed by atoms with Crippen molar-refractivity contribution >= 4 is 34.8 Å². The Hall–Kier alpha value is -4.62. The van der Waals surface area contributed by atoms with E-state index in [4.69, 9.17) is 32.1 Å². The summed E-state index contributed by atoms with van der Waals surface area (Å²) in [5.41, 5.74) is 6.56. The van der Waals surface area contributed by atoms with Crippen molar-refractivity contribution in [1.82, 2.24) is 19.5 Å². The average Bonchev–Trinajstić information content (AvgIpc) is 3.46. The fraction of sp³-hybridized carbons (Fsp3) is 0.360. The summed E-state index contributed by atoms with van der Waals surface area (Å²) in [4.78, 5) is 48.9. The third kappa shape index (κ3) is 4.80. The van der Waals surface area contributed by atoms with Gasteiger partial charge in [0.2, 0.25) is 5.82 Å². The first-order chi connectivity index (χ1) is 19.0. The van der Waals surface area contributed by atoms with Gasteiger partial charge in [-0.1, -0.05) is 36.3 Å². The Bertz CT molecular complexity index is 1490. The first kappa shape index (κ1) is 28.4. The number of nitrogens with zero attached hydrogens (tertiary/aromatic N) is 4. The number of amides is 1. The standard InChI is InChI=1S/C25H26N6O9/c1-3-24(37)14(11-39-25(22(34)35,23(36)38-4-2)10-13-8-6-5-7-9-13)40-21(16(24)32)31-12-28-15-17(26)29-19(18(27)33)30-20(15)31/h1,5-9,12,14,16,21,32,37H,4,10-11H2,2H3,(H2,27,33)(H,34,35)(H2,26,29,30)/t14-,16+,21-,24-,25?/m1/s1. The summed E-state index contributed by atoms with van der Waals surface area (Å²) < 4.78 is 17.7. The zero-order valence-electron chi connectivity index (χ0n) is 21.1. The number of carbonyl (C=O) groups excluding carboxylic acids is 2. The van der Waals surface area contributed by atoms with E-state index in [9.17, 15) is 29.7 Å². The van der Waals surface area contributed by atoms with Crippen LogP contribution in [0, 0.1) is 12.3 Å². The molecule has 2 aromatic heterocycles. The minimum absolute atomic E-state index is 0.0415. The van der Waals surface area contributed by atoms with Crippen LogP contribution in [-0.2, 0) is 30.2 Å². The fourth-order valence-corrected chi connectivity index (χ4v) is 4.31. The minimum atomic E-state index is -2.54. The maximum Gasteiger partial charge on any atom is 0.350 e. The van der Waals surface area contributed by atoms with Gasteiger partial charge in [-0.15, -0.1) is 6.42 Å². The number of carboxylic acid groups (broad SMARTS) is 1. The fourth-order valence-electron chi connectivity index (χ4n) is 4.31. The summed E-state index contributed by atoms with van der Waals surface area (Å²) in [7, 11) is 0. The first-order valence-electron chi connectivity index (χ1n) is 11.9. The molecule has 1 aliphatic rings. The summed E-state index contributed by atoms with van der Waals surface area (Å²) in [5, 5.41) is 32.4. The largest absolute Gasteiger partial charge is 0.479 e. The smallest absolute Gasteiger partial charge is 0.350 e. The summed E-state index contributed by atoms with van der Waals surface area (Å²) in [6.07, 6.45) is 1.43. The highest BCUT2D eigenvalue weighted by Crippen LogP contribution is 2.39. The molecule has 210 valence electrons. The number of aliphatic hydroxyl groups is 2. The molecule has 0 radical (unpaired) electrons. The van der Waals surface area contributed by atoms with Crippen LogP contribution in [0.25, 0.3) is 11.2 Å². The Morgan fingerprint density at radius 1 is 1.27 bits per heavy atom. The average molecular weight is 555 g/mol. The number of aliphatic hydroxyl groups excluding tert-OH is 1. The molecule has 3 aromatic rings. The number of hydrogen-bond acceptors (Lipinski definition) is 12. The molecule has 1 saturated heterocycles. The number of esters is 1. The molecule has 15 heteroatoms. The van der Waals surface area contributed by atoms with Crippen LogP contribution in [0.5, 0.6) is 0 Å². The monoisotopic (exact) mass is 554 g/mol. The number of imidazole rings is 1. The molecular weight excluding hydrogens is 528 g/mol. The van der Waals surface area contributed by atoms with Gasteiger partial charge in [-0.2, -0.15) is 0 Å². The second kappa shape index (κ2) is 10.9. The van der Waals surface area contributed by atoms with E-state index in [0.29, 0.717) is 5.56 Å². The van der Waals surface area contributed by atoms with Crippen LogP contribution >= 0.6 is 0 Å². The number of fused-ring (bicyclic) bond motifs is 1. The molecule has 1 aliphatic heterocycles. The van der Waals surface area contributed by atoms with Crippen LogP contribution in [0.3, 0.4) is 0 Å². The van der Waals surface area contributed by atoms with E-state index in [2.05, 4.69) is 20.9 Å². The van der Waals surface area contributed by atoms with E-state index in [0.717, 1.165) is 10.9 Å². The molecule has 4 rings (SSSR count). The number of aromatic nitrogens is 4. The minimum Gasteiger partial charge on any atom is -0.479 e. The number of rotatable bonds is 10. The van der Waals surface area contributed by atoms with Gasteiger partial charge in [0.1, 0.15) is 17.7 Å². The zero-order chi connectivity index (χ0) is 29.2. The molecule has 40 heavy (non-hydrogen) atoms. The van der Waals surface area contributed by atoms with Crippen LogP contribution in [0.15, 0.2) is 36.7 Å². The Balaban J connectivity index is 1.69. The number of hydrogen-bond donors (Lipinski definition) is 5. The molecule has 1 amide bonds. The molecular formula is C25H26N6O9. The molecule has 0 spiro atoms. The summed E-state index contributed by atoms with van der Waals surface area (Å²) >= 11 is 0. The summed E-state index contributed by atoms with van der Waals surface area (Å²) in [6, 6.07) is 8.22. The van der Waals surface area contributed by atoms with Crippen molar-refractivity contribution < 1.29 is 43.9 Å². The molecule has 1 fully saturated rings. The van der Waals surface area contributed by atoms with Gasteiger partial charge in [-0.05, 0) is 12.5 Å². The Morgan fingerprint density at radius 2 is 1.98 bits per heavy atom. The van der Waals surface area contributed by atoms with Crippen molar-refractivity contribution in [1.29, 1.82) is 0 Å². The van der Waals surface area contributed by atoms with Crippen molar-refractivity contribution in [3.05, 3.63) is 48.0 Å². The predicted molar refractivity (Wildman–Crippen MR) is 135 cm³/mol. The Kier molecular flexibility index (Phi) is 7.71. The SMILES string of the molecule is C#C[C@@]1(O)[C@@H](COC(Cc2ccccc2)(C(=O)O)C(=O)OCC)O[C@@H](n2cnc3c(N)nc(C(N)=O)nc32)[C@@H]1O. The topological polar surface area (TPSA) is 235 Å². The normalized spacial score (nSPS) is 23.8. The lowest BCUT2D eigenvalue weighted by Gasteiger charge is -2.31. The van der Waals surface area contributed by atoms with Gasteiger partial charge in [-0.3, -0.25) is 9.36 Å². The quantitative estimate of drug-likeness (QED) is 0.112. The van der Waals surface area contributed by atoms with Crippen LogP contribution in [0.2, 0.25) is 0 Å². The van der Waals surface area contributed by atoms with Gasteiger partial charge in [0.05, 0.1) is 19.5 Å². The van der Waals surface area contributed by atoms with E-state index in [1.54, 1.807) is 30.3 Å². The third-order valence-electron chi connectivity index (χ3n) is 6.42. The van der Waals surface area contributed by atoms with Gasteiger partial charge in [0.15, 0.2) is 23.3 Å². The van der Waals surface area contributed by atoms with E-state index in [1.807, 2.05) is 0 Å². The third-order valence-corrected chi connectivity index (χ3v) is 6.42. The van der Waals surface area contributed by atoms with Gasteiger partial charge in [-0.25, -0.2) is 24.5 Å². The lowest BCUT2D eigenvalue weighted by Crippen LogP contribution is -2.55. The molecule has 0 bridgehead atoms. The van der Waals surface area contributed by atoms with Crippen LogP contribution in [0.4, 0.5) is 5.82 Å². The van der Waals surface area contributed by atoms with Crippen LogP contribution in [-0.4, -0.2) is 89.3 Å². The van der Waals surface area contributed by atoms with Crippen LogP contribution < -0.4 is 11.5 Å². The number of nitrogens with two attached hydrogens (primary N) is 2. The first-order valence-corrected chi connectivity index (χ1v) is 11.9. The maximum absolute atomic E-state index is 12.9. The second-order valence-electron chi connectivity index (χ2n) is 8.88. The van der Waals surface area contributed by atoms with Gasteiger partial charge < -0.3 is 41.0 Å². The molecule has 1 unspecified atom stereocenters. The number of anilines is 1. The van der Waals surface area contributed by atoms with Crippen molar-refractivity contribution in [2.75, 3.05) is 18.9 Å². The number of primary amides is 1. The summed E-state index contributed by atoms with van der Waals surface area (Å²) in [6.45, 7) is 0.607. The van der Waals surface area contributed by atoms with Crippen molar-refractivity contribution in [2.24, 2.45) is 5.73 Å². The van der Waals surface area contributed by atoms with Crippen LogP contribution in [0.1, 0.15) is 29.3 Å². The van der Waals surface area contributed by atoms with E-state index < -0.39 is 66.3 Å². The molecule has 5 atom stereocenters.